The van der Waals surface area contributed by atoms with Crippen molar-refractivity contribution in [1.82, 2.24) is 24.3 Å². The number of nitrogens with zero attached hydrogens (tertiary/aromatic N) is 5. The molecule has 1 N–H and O–H groups in total. The lowest BCUT2D eigenvalue weighted by atomic mass is 9.99. The van der Waals surface area contributed by atoms with E-state index in [1.165, 1.54) is 16.4 Å². The SMILES string of the molecule is Cn1nccc1-c1nnc(NC(=O)C2CCCN(S(=O)(=O)c3ccc(F)cc3)C2)o1. The van der Waals surface area contributed by atoms with E-state index < -0.39 is 27.7 Å². The van der Waals surface area contributed by atoms with Crippen LogP contribution >= 0.6 is 0 Å². The summed E-state index contributed by atoms with van der Waals surface area (Å²) in [6.07, 6.45) is 2.61. The number of rotatable bonds is 5. The lowest BCUT2D eigenvalue weighted by Gasteiger charge is -2.30. The van der Waals surface area contributed by atoms with Crippen molar-refractivity contribution < 1.29 is 22.0 Å². The smallest absolute Gasteiger partial charge is 0.322 e. The van der Waals surface area contributed by atoms with E-state index in [0.717, 1.165) is 12.1 Å². The van der Waals surface area contributed by atoms with Gasteiger partial charge in [-0.3, -0.25) is 14.8 Å². The Morgan fingerprint density at radius 1 is 1.23 bits per heavy atom. The monoisotopic (exact) mass is 434 g/mol. The fourth-order valence-corrected chi connectivity index (χ4v) is 4.82. The second-order valence-corrected chi connectivity index (χ2v) is 8.84. The van der Waals surface area contributed by atoms with Gasteiger partial charge in [0, 0.05) is 26.3 Å². The Bertz CT molecular complexity index is 1160. The highest BCUT2D eigenvalue weighted by atomic mass is 32.2. The molecular weight excluding hydrogens is 415 g/mol. The summed E-state index contributed by atoms with van der Waals surface area (Å²) in [4.78, 5) is 12.6. The quantitative estimate of drug-likeness (QED) is 0.648. The Hall–Kier alpha value is -3.12. The number of carbonyl (C=O) groups excluding carboxylic acids is 1. The highest BCUT2D eigenvalue weighted by Crippen LogP contribution is 2.25. The number of amides is 1. The number of aryl methyl sites for hydroxylation is 1. The first kappa shape index (κ1) is 20.2. The lowest BCUT2D eigenvalue weighted by molar-refractivity contribution is -0.121. The molecular formula is C18H19FN6O4S. The van der Waals surface area contributed by atoms with Crippen LogP contribution in [0.3, 0.4) is 0 Å². The minimum absolute atomic E-state index is 0.00820. The van der Waals surface area contributed by atoms with Crippen LogP contribution in [0.1, 0.15) is 12.8 Å². The van der Waals surface area contributed by atoms with Crippen molar-refractivity contribution in [2.24, 2.45) is 13.0 Å². The minimum atomic E-state index is -3.82. The number of benzene rings is 1. The number of aromatic nitrogens is 4. The molecule has 1 atom stereocenters. The zero-order chi connectivity index (χ0) is 21.3. The number of anilines is 1. The van der Waals surface area contributed by atoms with Gasteiger partial charge in [0.05, 0.1) is 10.8 Å². The minimum Gasteiger partial charge on any atom is -0.401 e. The fraction of sp³-hybridized carbons (Fsp3) is 0.333. The predicted octanol–water partition coefficient (Wildman–Crippen LogP) is 1.65. The molecule has 0 bridgehead atoms. The zero-order valence-electron chi connectivity index (χ0n) is 16.0. The van der Waals surface area contributed by atoms with Gasteiger partial charge in [-0.05, 0) is 43.2 Å². The first-order chi connectivity index (χ1) is 14.3. The zero-order valence-corrected chi connectivity index (χ0v) is 16.8. The molecule has 30 heavy (non-hydrogen) atoms. The van der Waals surface area contributed by atoms with Crippen molar-refractivity contribution in [3.8, 4) is 11.6 Å². The molecule has 3 aromatic rings. The molecule has 4 rings (SSSR count). The molecule has 1 saturated heterocycles. The van der Waals surface area contributed by atoms with Crippen LogP contribution in [0.25, 0.3) is 11.6 Å². The van der Waals surface area contributed by atoms with Gasteiger partial charge in [0.25, 0.3) is 5.89 Å². The maximum atomic E-state index is 13.1. The molecule has 158 valence electrons. The van der Waals surface area contributed by atoms with E-state index >= 15 is 0 Å². The number of hydrogen-bond acceptors (Lipinski definition) is 7. The predicted molar refractivity (Wildman–Crippen MR) is 103 cm³/mol. The second kappa shape index (κ2) is 7.95. The van der Waals surface area contributed by atoms with E-state index in [-0.39, 0.29) is 29.9 Å². The van der Waals surface area contributed by atoms with Crippen molar-refractivity contribution in [2.45, 2.75) is 17.7 Å². The van der Waals surface area contributed by atoms with Crippen LogP contribution in [0.4, 0.5) is 10.4 Å². The lowest BCUT2D eigenvalue weighted by Crippen LogP contribution is -2.43. The number of sulfonamides is 1. The van der Waals surface area contributed by atoms with Crippen LogP contribution < -0.4 is 5.32 Å². The maximum Gasteiger partial charge on any atom is 0.322 e. The molecule has 1 fully saturated rings. The van der Waals surface area contributed by atoms with Crippen molar-refractivity contribution in [3.63, 3.8) is 0 Å². The van der Waals surface area contributed by atoms with E-state index in [2.05, 4.69) is 20.6 Å². The topological polar surface area (TPSA) is 123 Å². The number of halogens is 1. The van der Waals surface area contributed by atoms with Gasteiger partial charge in [0.15, 0.2) is 0 Å². The van der Waals surface area contributed by atoms with Crippen LogP contribution in [-0.2, 0) is 21.9 Å². The first-order valence-electron chi connectivity index (χ1n) is 9.23. The summed E-state index contributed by atoms with van der Waals surface area (Å²) in [7, 11) is -2.10. The molecule has 3 heterocycles. The van der Waals surface area contributed by atoms with Crippen LogP contribution in [0, 0.1) is 11.7 Å². The average Bonchev–Trinajstić information content (AvgIpc) is 3.37. The molecule has 0 spiro atoms. The molecule has 0 radical (unpaired) electrons. The maximum absolute atomic E-state index is 13.1. The highest BCUT2D eigenvalue weighted by Gasteiger charge is 2.34. The molecule has 0 saturated carbocycles. The third-order valence-corrected chi connectivity index (χ3v) is 6.78. The summed E-state index contributed by atoms with van der Waals surface area (Å²) in [5.41, 5.74) is 0.595. The summed E-state index contributed by atoms with van der Waals surface area (Å²) in [6, 6.07) is 6.24. The molecule has 1 amide bonds. The highest BCUT2D eigenvalue weighted by molar-refractivity contribution is 7.89. The molecule has 2 aromatic heterocycles. The van der Waals surface area contributed by atoms with E-state index in [9.17, 15) is 17.6 Å². The van der Waals surface area contributed by atoms with E-state index in [1.54, 1.807) is 24.0 Å². The standard InChI is InChI=1S/C18H19FN6O4S/c1-24-15(8-9-20-24)17-22-23-18(29-17)21-16(26)12-3-2-10-25(11-12)30(27,28)14-6-4-13(19)5-7-14/h4-9,12H,2-3,10-11H2,1H3,(H,21,23,26). The number of nitrogens with one attached hydrogen (secondary N) is 1. The van der Waals surface area contributed by atoms with Crippen LogP contribution in [0.15, 0.2) is 45.8 Å². The van der Waals surface area contributed by atoms with Gasteiger partial charge in [-0.15, -0.1) is 5.10 Å². The summed E-state index contributed by atoms with van der Waals surface area (Å²) in [5, 5.41) is 14.3. The van der Waals surface area contributed by atoms with Gasteiger partial charge in [-0.2, -0.15) is 9.40 Å². The Morgan fingerprint density at radius 3 is 2.70 bits per heavy atom. The third kappa shape index (κ3) is 3.96. The van der Waals surface area contributed by atoms with Gasteiger partial charge in [-0.1, -0.05) is 5.10 Å². The van der Waals surface area contributed by atoms with E-state index in [0.29, 0.717) is 18.5 Å². The van der Waals surface area contributed by atoms with Crippen molar-refractivity contribution in [1.29, 1.82) is 0 Å². The van der Waals surface area contributed by atoms with Gasteiger partial charge in [0.1, 0.15) is 11.5 Å². The van der Waals surface area contributed by atoms with Gasteiger partial charge in [0.2, 0.25) is 15.9 Å². The van der Waals surface area contributed by atoms with Crippen LogP contribution in [0.5, 0.6) is 0 Å². The number of carbonyl (C=O) groups is 1. The van der Waals surface area contributed by atoms with Crippen molar-refractivity contribution in [2.75, 3.05) is 18.4 Å². The Morgan fingerprint density at radius 2 is 2.00 bits per heavy atom. The Labute approximate surface area is 171 Å². The third-order valence-electron chi connectivity index (χ3n) is 4.90. The molecule has 12 heteroatoms. The van der Waals surface area contributed by atoms with Gasteiger partial charge in [-0.25, -0.2) is 12.8 Å². The summed E-state index contributed by atoms with van der Waals surface area (Å²) < 4.78 is 47.0. The Kier molecular flexibility index (Phi) is 5.35. The summed E-state index contributed by atoms with van der Waals surface area (Å²) in [5.74, 6) is -1.31. The van der Waals surface area contributed by atoms with E-state index in [4.69, 9.17) is 4.42 Å². The largest absolute Gasteiger partial charge is 0.401 e. The number of hydrogen-bond donors (Lipinski definition) is 1. The summed E-state index contributed by atoms with van der Waals surface area (Å²) in [6.45, 7) is 0.295. The molecule has 1 aliphatic rings. The number of piperidine rings is 1. The van der Waals surface area contributed by atoms with Crippen LogP contribution in [-0.4, -0.2) is 51.7 Å². The summed E-state index contributed by atoms with van der Waals surface area (Å²) >= 11 is 0. The molecule has 10 nitrogen and oxygen atoms in total. The van der Waals surface area contributed by atoms with Crippen molar-refractivity contribution >= 4 is 21.9 Å². The Balaban J connectivity index is 1.44. The molecule has 1 unspecified atom stereocenters. The van der Waals surface area contributed by atoms with E-state index in [1.807, 2.05) is 0 Å². The second-order valence-electron chi connectivity index (χ2n) is 6.90. The van der Waals surface area contributed by atoms with Gasteiger partial charge < -0.3 is 4.42 Å². The average molecular weight is 434 g/mol. The molecule has 0 aliphatic carbocycles. The van der Waals surface area contributed by atoms with Crippen LogP contribution in [0.2, 0.25) is 0 Å². The fourth-order valence-electron chi connectivity index (χ4n) is 3.30. The van der Waals surface area contributed by atoms with Crippen molar-refractivity contribution in [3.05, 3.63) is 42.3 Å². The first-order valence-corrected chi connectivity index (χ1v) is 10.7. The van der Waals surface area contributed by atoms with Gasteiger partial charge >= 0.3 is 6.01 Å². The molecule has 1 aromatic carbocycles. The molecule has 1 aliphatic heterocycles. The normalized spacial score (nSPS) is 17.7.